The predicted molar refractivity (Wildman–Crippen MR) is 62.1 cm³/mol. The van der Waals surface area contributed by atoms with E-state index in [4.69, 9.17) is 10.5 Å². The van der Waals surface area contributed by atoms with Gasteiger partial charge in [-0.3, -0.25) is 0 Å². The average Bonchev–Trinajstić information content (AvgIpc) is 2.22. The van der Waals surface area contributed by atoms with Gasteiger partial charge in [-0.05, 0) is 34.8 Å². The lowest BCUT2D eigenvalue weighted by Crippen LogP contribution is -2.13. The molecule has 0 spiro atoms. The van der Waals surface area contributed by atoms with Crippen LogP contribution in [0.15, 0.2) is 22.7 Å². The number of nitrogens with two attached hydrogens (primary N) is 1. The fraction of sp³-hybridized carbons (Fsp3) is 0.455. The molecule has 0 radical (unpaired) electrons. The molecule has 0 aliphatic rings. The molecule has 2 nitrogen and oxygen atoms in total. The zero-order chi connectivity index (χ0) is 11.3. The van der Waals surface area contributed by atoms with Gasteiger partial charge in [0.05, 0.1) is 4.47 Å². The second-order valence-corrected chi connectivity index (χ2v) is 4.24. The summed E-state index contributed by atoms with van der Waals surface area (Å²) >= 11 is 3.14. The molecule has 2 N–H and O–H groups in total. The van der Waals surface area contributed by atoms with E-state index in [-0.39, 0.29) is 11.9 Å². The molecule has 15 heavy (non-hydrogen) atoms. The first-order valence-electron chi connectivity index (χ1n) is 4.85. The molecule has 1 atom stereocenters. The fourth-order valence-corrected chi connectivity index (χ4v) is 1.79. The molecule has 4 heteroatoms. The maximum atomic E-state index is 13.6. The van der Waals surface area contributed by atoms with Crippen molar-refractivity contribution in [2.45, 2.75) is 18.9 Å². The predicted octanol–water partition coefficient (Wildman–Crippen LogP) is 3.01. The fourth-order valence-electron chi connectivity index (χ4n) is 1.41. The van der Waals surface area contributed by atoms with Crippen LogP contribution in [-0.4, -0.2) is 13.7 Å². The van der Waals surface area contributed by atoms with E-state index in [0.29, 0.717) is 16.6 Å². The smallest absolute Gasteiger partial charge is 0.142 e. The summed E-state index contributed by atoms with van der Waals surface area (Å²) in [5.74, 6) is -0.262. The molecule has 1 aromatic rings. The Labute approximate surface area is 97.7 Å². The van der Waals surface area contributed by atoms with Crippen molar-refractivity contribution in [3.05, 3.63) is 34.1 Å². The van der Waals surface area contributed by atoms with E-state index < -0.39 is 0 Å². The monoisotopic (exact) mass is 275 g/mol. The Morgan fingerprint density at radius 2 is 2.27 bits per heavy atom. The number of hydrogen-bond acceptors (Lipinski definition) is 2. The Kier molecular flexibility index (Phi) is 5.22. The molecule has 0 heterocycles. The number of ether oxygens (including phenoxy) is 1. The lowest BCUT2D eigenvalue weighted by molar-refractivity contribution is 0.190. The Bertz CT molecular complexity index is 319. The van der Waals surface area contributed by atoms with Crippen molar-refractivity contribution in [3.63, 3.8) is 0 Å². The third kappa shape index (κ3) is 3.55. The summed E-state index contributed by atoms with van der Waals surface area (Å²) in [6, 6.07) is 4.91. The summed E-state index contributed by atoms with van der Waals surface area (Å²) < 4.78 is 19.0. The van der Waals surface area contributed by atoms with Crippen LogP contribution in [0.2, 0.25) is 0 Å². The Hall–Kier alpha value is -0.450. The first kappa shape index (κ1) is 12.6. The van der Waals surface area contributed by atoms with Gasteiger partial charge in [-0.1, -0.05) is 12.1 Å². The minimum absolute atomic E-state index is 0.262. The highest BCUT2D eigenvalue weighted by molar-refractivity contribution is 9.10. The zero-order valence-electron chi connectivity index (χ0n) is 8.67. The molecule has 0 amide bonds. The Morgan fingerprint density at radius 3 is 2.93 bits per heavy atom. The number of rotatable bonds is 5. The van der Waals surface area contributed by atoms with Gasteiger partial charge >= 0.3 is 0 Å². The van der Waals surface area contributed by atoms with E-state index in [0.717, 1.165) is 12.8 Å². The first-order chi connectivity index (χ1) is 7.16. The molecule has 84 valence electrons. The van der Waals surface area contributed by atoms with E-state index in [9.17, 15) is 4.39 Å². The van der Waals surface area contributed by atoms with Gasteiger partial charge < -0.3 is 10.5 Å². The van der Waals surface area contributed by atoms with Gasteiger partial charge in [0, 0.05) is 25.3 Å². The van der Waals surface area contributed by atoms with Gasteiger partial charge in [0.2, 0.25) is 0 Å². The number of benzene rings is 1. The topological polar surface area (TPSA) is 35.2 Å². The van der Waals surface area contributed by atoms with E-state index in [1.54, 1.807) is 25.3 Å². The normalized spacial score (nSPS) is 12.8. The van der Waals surface area contributed by atoms with Crippen molar-refractivity contribution >= 4 is 15.9 Å². The highest BCUT2D eigenvalue weighted by Crippen LogP contribution is 2.24. The maximum Gasteiger partial charge on any atom is 0.142 e. The van der Waals surface area contributed by atoms with Crippen molar-refractivity contribution < 1.29 is 9.13 Å². The molecular formula is C11H15BrFNO. The molecule has 0 saturated carbocycles. The van der Waals surface area contributed by atoms with Crippen LogP contribution in [-0.2, 0) is 4.74 Å². The van der Waals surface area contributed by atoms with Gasteiger partial charge in [-0.2, -0.15) is 0 Å². The summed E-state index contributed by atoms with van der Waals surface area (Å²) in [5, 5.41) is 0. The summed E-state index contributed by atoms with van der Waals surface area (Å²) in [4.78, 5) is 0. The molecule has 0 saturated heterocycles. The summed E-state index contributed by atoms with van der Waals surface area (Å²) in [7, 11) is 1.64. The second kappa shape index (κ2) is 6.20. The van der Waals surface area contributed by atoms with Crippen LogP contribution in [0.25, 0.3) is 0 Å². The van der Waals surface area contributed by atoms with Gasteiger partial charge in [0.1, 0.15) is 5.82 Å². The molecule has 0 aliphatic heterocycles. The third-order valence-corrected chi connectivity index (χ3v) is 2.86. The highest BCUT2D eigenvalue weighted by atomic mass is 79.9. The number of methoxy groups -OCH3 is 1. The van der Waals surface area contributed by atoms with E-state index >= 15 is 0 Å². The average molecular weight is 276 g/mol. The molecule has 0 aliphatic carbocycles. The quantitative estimate of drug-likeness (QED) is 0.839. The largest absolute Gasteiger partial charge is 0.385 e. The van der Waals surface area contributed by atoms with Crippen LogP contribution >= 0.6 is 15.9 Å². The number of halogens is 2. The first-order valence-corrected chi connectivity index (χ1v) is 5.64. The minimum atomic E-state index is -0.266. The lowest BCUT2D eigenvalue weighted by atomic mass is 10.0. The van der Waals surface area contributed by atoms with Crippen molar-refractivity contribution in [2.75, 3.05) is 13.7 Å². The Balaban J connectivity index is 2.65. The highest BCUT2D eigenvalue weighted by Gasteiger charge is 2.12. The lowest BCUT2D eigenvalue weighted by Gasteiger charge is -2.13. The molecule has 1 rings (SSSR count). The molecular weight excluding hydrogens is 261 g/mol. The molecule has 1 aromatic carbocycles. The van der Waals surface area contributed by atoms with Gasteiger partial charge in [-0.25, -0.2) is 4.39 Å². The van der Waals surface area contributed by atoms with Crippen LogP contribution < -0.4 is 5.73 Å². The molecule has 0 fully saturated rings. The van der Waals surface area contributed by atoms with Crippen LogP contribution in [0.1, 0.15) is 24.4 Å². The van der Waals surface area contributed by atoms with Gasteiger partial charge in [-0.15, -0.1) is 0 Å². The van der Waals surface area contributed by atoms with Gasteiger partial charge in [0.25, 0.3) is 0 Å². The van der Waals surface area contributed by atoms with E-state index in [2.05, 4.69) is 15.9 Å². The number of hydrogen-bond donors (Lipinski definition) is 1. The molecule has 1 unspecified atom stereocenters. The summed E-state index contributed by atoms with van der Waals surface area (Å²) in [6.07, 6.45) is 1.56. The second-order valence-electron chi connectivity index (χ2n) is 3.38. The minimum Gasteiger partial charge on any atom is -0.385 e. The zero-order valence-corrected chi connectivity index (χ0v) is 10.3. The van der Waals surface area contributed by atoms with Crippen LogP contribution in [0.3, 0.4) is 0 Å². The van der Waals surface area contributed by atoms with Gasteiger partial charge in [0.15, 0.2) is 0 Å². The standard InChI is InChI=1S/C11H15BrFNO/c1-15-7-3-6-10(14)8-4-2-5-9(12)11(8)13/h2,4-5,10H,3,6-7,14H2,1H3. The van der Waals surface area contributed by atoms with E-state index in [1.807, 2.05) is 0 Å². The van der Waals surface area contributed by atoms with E-state index in [1.165, 1.54) is 0 Å². The van der Waals surface area contributed by atoms with Crippen molar-refractivity contribution in [1.82, 2.24) is 0 Å². The van der Waals surface area contributed by atoms with Crippen molar-refractivity contribution in [2.24, 2.45) is 5.73 Å². The summed E-state index contributed by atoms with van der Waals surface area (Å²) in [5.41, 5.74) is 6.45. The van der Waals surface area contributed by atoms with Crippen molar-refractivity contribution in [1.29, 1.82) is 0 Å². The van der Waals surface area contributed by atoms with Crippen LogP contribution in [0.4, 0.5) is 4.39 Å². The maximum absolute atomic E-state index is 13.6. The van der Waals surface area contributed by atoms with Crippen LogP contribution in [0.5, 0.6) is 0 Å². The third-order valence-electron chi connectivity index (χ3n) is 2.24. The Morgan fingerprint density at radius 1 is 1.53 bits per heavy atom. The van der Waals surface area contributed by atoms with Crippen molar-refractivity contribution in [3.8, 4) is 0 Å². The molecule has 0 bridgehead atoms. The SMILES string of the molecule is COCCCC(N)c1cccc(Br)c1F. The molecule has 0 aromatic heterocycles. The van der Waals surface area contributed by atoms with Crippen LogP contribution in [0, 0.1) is 5.82 Å². The summed E-state index contributed by atoms with van der Waals surface area (Å²) in [6.45, 7) is 0.656.